The van der Waals surface area contributed by atoms with Crippen molar-refractivity contribution in [3.8, 4) is 0 Å². The molecule has 0 bridgehead atoms. The zero-order valence-electron chi connectivity index (χ0n) is 15.4. The number of rotatable bonds is 6. The molecule has 1 aliphatic carbocycles. The molecule has 3 rings (SSSR count). The van der Waals surface area contributed by atoms with Crippen LogP contribution < -0.4 is 11.1 Å². The van der Waals surface area contributed by atoms with E-state index in [9.17, 15) is 9.59 Å². The van der Waals surface area contributed by atoms with Gasteiger partial charge in [-0.15, -0.1) is 0 Å². The van der Waals surface area contributed by atoms with Gasteiger partial charge in [0.05, 0.1) is 0 Å². The second-order valence-electron chi connectivity index (χ2n) is 7.66. The summed E-state index contributed by atoms with van der Waals surface area (Å²) in [7, 11) is 0. The number of carbonyl (C=O) groups excluding carboxylic acids is 2. The lowest BCUT2D eigenvalue weighted by Gasteiger charge is -2.30. The van der Waals surface area contributed by atoms with E-state index in [1.54, 1.807) is 0 Å². The van der Waals surface area contributed by atoms with Crippen molar-refractivity contribution < 1.29 is 14.3 Å². The van der Waals surface area contributed by atoms with E-state index in [1.165, 1.54) is 37.7 Å². The van der Waals surface area contributed by atoms with Gasteiger partial charge in [-0.05, 0) is 55.2 Å². The minimum absolute atomic E-state index is 0.127. The topological polar surface area (TPSA) is 81.4 Å². The Hall–Kier alpha value is -1.88. The summed E-state index contributed by atoms with van der Waals surface area (Å²) in [6.07, 6.45) is 8.30. The van der Waals surface area contributed by atoms with Crippen LogP contribution in [0.15, 0.2) is 24.3 Å². The predicted molar refractivity (Wildman–Crippen MR) is 101 cm³/mol. The quantitative estimate of drug-likeness (QED) is 0.820. The third kappa shape index (κ3) is 5.07. The molecule has 2 amide bonds. The standard InChI is InChI=1S/C21H30N2O3/c22-20(24)14-19(17-10-12-26-13-11-17)23-21(25)18-8-6-16(7-9-18)15-4-2-1-3-5-15/h6-9,15,17,19H,1-5,10-14H2,(H2,22,24)(H,23,25)/t19-/m1/s1. The molecule has 0 spiro atoms. The van der Waals surface area contributed by atoms with Gasteiger partial charge in [0.25, 0.3) is 5.91 Å². The molecule has 142 valence electrons. The van der Waals surface area contributed by atoms with Crippen molar-refractivity contribution in [2.45, 2.75) is 63.3 Å². The molecule has 0 unspecified atom stereocenters. The predicted octanol–water partition coefficient (Wildman–Crippen LogP) is 3.13. The maximum Gasteiger partial charge on any atom is 0.251 e. The Morgan fingerprint density at radius 3 is 2.31 bits per heavy atom. The number of nitrogens with two attached hydrogens (primary N) is 1. The van der Waals surface area contributed by atoms with Crippen LogP contribution in [0.5, 0.6) is 0 Å². The highest BCUT2D eigenvalue weighted by Gasteiger charge is 2.27. The van der Waals surface area contributed by atoms with Crippen molar-refractivity contribution in [1.29, 1.82) is 0 Å². The van der Waals surface area contributed by atoms with Crippen LogP contribution in [0.25, 0.3) is 0 Å². The summed E-state index contributed by atoms with van der Waals surface area (Å²) in [5.74, 6) is 0.361. The van der Waals surface area contributed by atoms with Gasteiger partial charge in [0.15, 0.2) is 0 Å². The van der Waals surface area contributed by atoms with Gasteiger partial charge in [0, 0.05) is 31.2 Å². The Labute approximate surface area is 155 Å². The van der Waals surface area contributed by atoms with Crippen LogP contribution in [-0.2, 0) is 9.53 Å². The number of hydrogen-bond donors (Lipinski definition) is 2. The summed E-state index contributed by atoms with van der Waals surface area (Å²) in [4.78, 5) is 24.1. The lowest BCUT2D eigenvalue weighted by molar-refractivity contribution is -0.118. The maximum absolute atomic E-state index is 12.7. The Morgan fingerprint density at radius 2 is 1.69 bits per heavy atom. The van der Waals surface area contributed by atoms with Crippen molar-refractivity contribution in [3.63, 3.8) is 0 Å². The average molecular weight is 358 g/mol. The first-order chi connectivity index (χ1) is 12.6. The van der Waals surface area contributed by atoms with Gasteiger partial charge in [0.1, 0.15) is 0 Å². The molecule has 1 saturated carbocycles. The van der Waals surface area contributed by atoms with E-state index >= 15 is 0 Å². The summed E-state index contributed by atoms with van der Waals surface area (Å²) >= 11 is 0. The lowest BCUT2D eigenvalue weighted by Crippen LogP contribution is -2.44. The van der Waals surface area contributed by atoms with E-state index in [1.807, 2.05) is 12.1 Å². The molecule has 26 heavy (non-hydrogen) atoms. The maximum atomic E-state index is 12.7. The molecule has 1 aromatic carbocycles. The Balaban J connectivity index is 1.63. The molecule has 1 aliphatic heterocycles. The number of primary amides is 1. The zero-order valence-corrected chi connectivity index (χ0v) is 15.4. The van der Waals surface area contributed by atoms with E-state index in [2.05, 4.69) is 17.4 Å². The van der Waals surface area contributed by atoms with Gasteiger partial charge in [-0.1, -0.05) is 31.4 Å². The van der Waals surface area contributed by atoms with E-state index < -0.39 is 0 Å². The first-order valence-electron chi connectivity index (χ1n) is 9.90. The number of benzene rings is 1. The summed E-state index contributed by atoms with van der Waals surface area (Å²) < 4.78 is 5.39. The van der Waals surface area contributed by atoms with Crippen LogP contribution in [0.4, 0.5) is 0 Å². The third-order valence-electron chi connectivity index (χ3n) is 5.82. The number of nitrogens with one attached hydrogen (secondary N) is 1. The fourth-order valence-electron chi connectivity index (χ4n) is 4.26. The first kappa shape index (κ1) is 18.9. The number of carbonyl (C=O) groups is 2. The largest absolute Gasteiger partial charge is 0.381 e. The second kappa shape index (κ2) is 9.17. The zero-order chi connectivity index (χ0) is 18.4. The number of ether oxygens (including phenoxy) is 1. The highest BCUT2D eigenvalue weighted by Crippen LogP contribution is 2.32. The highest BCUT2D eigenvalue weighted by atomic mass is 16.5. The van der Waals surface area contributed by atoms with E-state index in [-0.39, 0.29) is 30.2 Å². The molecule has 5 nitrogen and oxygen atoms in total. The monoisotopic (exact) mass is 358 g/mol. The molecule has 0 radical (unpaired) electrons. The van der Waals surface area contributed by atoms with Gasteiger partial charge in [0.2, 0.25) is 5.91 Å². The van der Waals surface area contributed by atoms with Gasteiger partial charge < -0.3 is 15.8 Å². The Bertz CT molecular complexity index is 602. The van der Waals surface area contributed by atoms with Crippen molar-refractivity contribution in [3.05, 3.63) is 35.4 Å². The first-order valence-corrected chi connectivity index (χ1v) is 9.90. The summed E-state index contributed by atoms with van der Waals surface area (Å²) in [5, 5.41) is 3.04. The molecule has 1 aromatic rings. The second-order valence-corrected chi connectivity index (χ2v) is 7.66. The summed E-state index contributed by atoms with van der Waals surface area (Å²) in [5.41, 5.74) is 7.37. The molecule has 1 atom stereocenters. The molecule has 1 heterocycles. The van der Waals surface area contributed by atoms with Crippen LogP contribution in [-0.4, -0.2) is 31.1 Å². The minimum Gasteiger partial charge on any atom is -0.381 e. The number of amides is 2. The van der Waals surface area contributed by atoms with Crippen molar-refractivity contribution in [2.75, 3.05) is 13.2 Å². The van der Waals surface area contributed by atoms with Crippen LogP contribution in [0, 0.1) is 5.92 Å². The molecular formula is C21H30N2O3. The molecule has 0 aromatic heterocycles. The van der Waals surface area contributed by atoms with Crippen molar-refractivity contribution >= 4 is 11.8 Å². The number of hydrogen-bond acceptors (Lipinski definition) is 3. The summed E-state index contributed by atoms with van der Waals surface area (Å²) in [6, 6.07) is 7.77. The van der Waals surface area contributed by atoms with Crippen molar-refractivity contribution in [2.24, 2.45) is 11.7 Å². The summed E-state index contributed by atoms with van der Waals surface area (Å²) in [6.45, 7) is 1.35. The van der Waals surface area contributed by atoms with E-state index in [0.29, 0.717) is 24.7 Å². The molecule has 2 fully saturated rings. The third-order valence-corrected chi connectivity index (χ3v) is 5.82. The van der Waals surface area contributed by atoms with Crippen LogP contribution >= 0.6 is 0 Å². The van der Waals surface area contributed by atoms with Gasteiger partial charge in [-0.3, -0.25) is 9.59 Å². The normalized spacial score (nSPS) is 20.5. The van der Waals surface area contributed by atoms with Crippen LogP contribution in [0.2, 0.25) is 0 Å². The lowest BCUT2D eigenvalue weighted by atomic mass is 9.84. The Kier molecular flexibility index (Phi) is 6.67. The fourth-order valence-corrected chi connectivity index (χ4v) is 4.26. The van der Waals surface area contributed by atoms with E-state index in [4.69, 9.17) is 10.5 Å². The fraction of sp³-hybridized carbons (Fsp3) is 0.619. The SMILES string of the molecule is NC(=O)C[C@@H](NC(=O)c1ccc(C2CCCCC2)cc1)C1CCOCC1. The Morgan fingerprint density at radius 1 is 1.04 bits per heavy atom. The van der Waals surface area contributed by atoms with Crippen LogP contribution in [0.1, 0.15) is 73.2 Å². The average Bonchev–Trinajstić information content (AvgIpc) is 2.68. The minimum atomic E-state index is -0.380. The molecule has 1 saturated heterocycles. The highest BCUT2D eigenvalue weighted by molar-refractivity contribution is 5.94. The molecule has 2 aliphatic rings. The van der Waals surface area contributed by atoms with Gasteiger partial charge >= 0.3 is 0 Å². The van der Waals surface area contributed by atoms with Gasteiger partial charge in [-0.2, -0.15) is 0 Å². The van der Waals surface area contributed by atoms with Gasteiger partial charge in [-0.25, -0.2) is 0 Å². The molecule has 3 N–H and O–H groups in total. The smallest absolute Gasteiger partial charge is 0.251 e. The van der Waals surface area contributed by atoms with Crippen molar-refractivity contribution in [1.82, 2.24) is 5.32 Å². The molecular weight excluding hydrogens is 328 g/mol. The molecule has 5 heteroatoms. The van der Waals surface area contributed by atoms with Crippen LogP contribution in [0.3, 0.4) is 0 Å². The van der Waals surface area contributed by atoms with E-state index in [0.717, 1.165) is 12.8 Å².